The van der Waals surface area contributed by atoms with E-state index in [9.17, 15) is 17.6 Å². The number of hydrogen-bond acceptors (Lipinski definition) is 9. The maximum Gasteiger partial charge on any atom is 0.253 e. The predicted molar refractivity (Wildman–Crippen MR) is 164 cm³/mol. The lowest BCUT2D eigenvalue weighted by molar-refractivity contribution is 0.0997. The van der Waals surface area contributed by atoms with Crippen molar-refractivity contribution >= 4 is 55.2 Å². The van der Waals surface area contributed by atoms with Gasteiger partial charge in [0.25, 0.3) is 5.91 Å². The Balaban J connectivity index is 1.35. The summed E-state index contributed by atoms with van der Waals surface area (Å²) in [5.41, 5.74) is 9.62. The fourth-order valence-corrected chi connectivity index (χ4v) is 5.77. The minimum atomic E-state index is -2.99. The van der Waals surface area contributed by atoms with E-state index in [-0.39, 0.29) is 17.0 Å². The number of aryl methyl sites for hydroxylation is 1. The Labute approximate surface area is 243 Å². The molecule has 4 aromatic rings. The summed E-state index contributed by atoms with van der Waals surface area (Å²) in [5, 5.41) is 7.26. The third-order valence-corrected chi connectivity index (χ3v) is 8.28. The quantitative estimate of drug-likeness (QED) is 0.215. The first-order chi connectivity index (χ1) is 20.0. The monoisotopic (exact) mass is 595 g/mol. The number of sulfone groups is 1. The third kappa shape index (κ3) is 6.42. The summed E-state index contributed by atoms with van der Waals surface area (Å²) in [6.07, 6.45) is 4.54. The molecule has 0 saturated carbocycles. The molecule has 0 unspecified atom stereocenters. The average Bonchev–Trinajstić information content (AvgIpc) is 3.35. The molecule has 11 nitrogen and oxygen atoms in total. The molecule has 1 saturated heterocycles. The first-order valence-corrected chi connectivity index (χ1v) is 15.5. The molecule has 3 heterocycles. The fraction of sp³-hybridized carbons (Fsp3) is 0.310. The Morgan fingerprint density at radius 2 is 1.86 bits per heavy atom. The summed E-state index contributed by atoms with van der Waals surface area (Å²) in [6, 6.07) is 10.2. The van der Waals surface area contributed by atoms with E-state index >= 15 is 0 Å². The normalized spacial score (nSPS) is 14.2. The van der Waals surface area contributed by atoms with Crippen molar-refractivity contribution < 1.29 is 22.3 Å². The van der Waals surface area contributed by atoms with Crippen molar-refractivity contribution in [3.63, 3.8) is 0 Å². The number of methoxy groups -OCH3 is 1. The topological polar surface area (TPSA) is 146 Å². The van der Waals surface area contributed by atoms with Crippen molar-refractivity contribution in [2.45, 2.75) is 6.92 Å². The number of rotatable bonds is 10. The number of nitrogens with one attached hydrogen (secondary N) is 3. The van der Waals surface area contributed by atoms with E-state index in [0.717, 1.165) is 54.0 Å². The molecule has 222 valence electrons. The number of piperazine rings is 1. The van der Waals surface area contributed by atoms with E-state index in [2.05, 4.69) is 30.4 Å². The predicted octanol–water partition coefficient (Wildman–Crippen LogP) is 3.77. The number of benzene rings is 2. The molecule has 1 amide bonds. The highest BCUT2D eigenvalue weighted by molar-refractivity contribution is 7.90. The van der Waals surface area contributed by atoms with E-state index in [1.165, 1.54) is 18.4 Å². The molecule has 1 aliphatic rings. The maximum atomic E-state index is 14.3. The molecule has 1 fully saturated rings. The number of nitrogens with zero attached hydrogens (tertiary/aromatic N) is 3. The highest BCUT2D eigenvalue weighted by Crippen LogP contribution is 2.37. The SMILES string of the molecule is COc1cc(N2CCN(CCS(C)(=O)=O)CC2)c(C)cc1Nc1cc2c(Nc3cccc(F)c3C(N)=O)cncc2[nH]1. The summed E-state index contributed by atoms with van der Waals surface area (Å²) in [4.78, 5) is 23.9. The van der Waals surface area contributed by atoms with Crippen LogP contribution < -0.4 is 26.0 Å². The molecule has 1 aliphatic heterocycles. The standard InChI is InChI=1S/C29H34FN7O4S/c1-18-13-22(26(41-2)15-25(18)37-9-7-36(8-10-37)11-12-42(3,39)40)34-27-14-19-23(16-32-17-24(19)35-27)33-21-6-4-5-20(30)28(21)29(31)38/h4-6,13-17,33-35H,7-12H2,1-3H3,(H2,31,38). The number of fused-ring (bicyclic) bond motifs is 1. The van der Waals surface area contributed by atoms with E-state index < -0.39 is 21.6 Å². The molecule has 0 radical (unpaired) electrons. The third-order valence-electron chi connectivity index (χ3n) is 7.35. The zero-order valence-corrected chi connectivity index (χ0v) is 24.5. The first-order valence-electron chi connectivity index (χ1n) is 13.4. The highest BCUT2D eigenvalue weighted by atomic mass is 32.2. The molecule has 0 bridgehead atoms. The Kier molecular flexibility index (Phi) is 8.23. The van der Waals surface area contributed by atoms with E-state index in [0.29, 0.717) is 23.8 Å². The van der Waals surface area contributed by atoms with Gasteiger partial charge < -0.3 is 31.0 Å². The number of aromatic amines is 1. The van der Waals surface area contributed by atoms with Gasteiger partial charge in [0.15, 0.2) is 0 Å². The van der Waals surface area contributed by atoms with Crippen LogP contribution in [0.15, 0.2) is 48.8 Å². The van der Waals surface area contributed by atoms with Gasteiger partial charge in [0, 0.05) is 56.1 Å². The molecule has 42 heavy (non-hydrogen) atoms. The second kappa shape index (κ2) is 11.9. The minimum absolute atomic E-state index is 0.167. The minimum Gasteiger partial charge on any atom is -0.494 e. The Morgan fingerprint density at radius 3 is 2.55 bits per heavy atom. The smallest absolute Gasteiger partial charge is 0.253 e. The molecule has 0 spiro atoms. The number of H-pyrrole nitrogens is 1. The maximum absolute atomic E-state index is 14.3. The number of primary amides is 1. The Hall–Kier alpha value is -4.36. The average molecular weight is 596 g/mol. The van der Waals surface area contributed by atoms with Gasteiger partial charge in [0.1, 0.15) is 27.2 Å². The van der Waals surface area contributed by atoms with Crippen LogP contribution in [0.2, 0.25) is 0 Å². The van der Waals surface area contributed by atoms with Gasteiger partial charge in [0.05, 0.1) is 53.4 Å². The van der Waals surface area contributed by atoms with Crippen molar-refractivity contribution in [1.29, 1.82) is 0 Å². The van der Waals surface area contributed by atoms with Gasteiger partial charge in [0.2, 0.25) is 0 Å². The van der Waals surface area contributed by atoms with Gasteiger partial charge in [-0.25, -0.2) is 12.8 Å². The molecule has 5 N–H and O–H groups in total. The van der Waals surface area contributed by atoms with Crippen molar-refractivity contribution in [2.24, 2.45) is 5.73 Å². The number of pyridine rings is 1. The van der Waals surface area contributed by atoms with Crippen LogP contribution in [-0.4, -0.2) is 81.0 Å². The van der Waals surface area contributed by atoms with Crippen LogP contribution in [0, 0.1) is 12.7 Å². The van der Waals surface area contributed by atoms with Gasteiger partial charge in [-0.3, -0.25) is 14.7 Å². The van der Waals surface area contributed by atoms with Gasteiger partial charge >= 0.3 is 0 Å². The van der Waals surface area contributed by atoms with Crippen LogP contribution in [0.4, 0.5) is 33.0 Å². The number of amides is 1. The van der Waals surface area contributed by atoms with E-state index in [1.54, 1.807) is 25.6 Å². The van der Waals surface area contributed by atoms with Crippen molar-refractivity contribution in [1.82, 2.24) is 14.9 Å². The number of aromatic nitrogens is 2. The molecule has 5 rings (SSSR count). The number of halogens is 1. The van der Waals surface area contributed by atoms with E-state index in [4.69, 9.17) is 10.5 Å². The van der Waals surface area contributed by atoms with Crippen molar-refractivity contribution in [3.8, 4) is 5.75 Å². The van der Waals surface area contributed by atoms with Gasteiger partial charge in [-0.15, -0.1) is 0 Å². The molecule has 13 heteroatoms. The summed E-state index contributed by atoms with van der Waals surface area (Å²) in [7, 11) is -1.37. The number of ether oxygens (including phenoxy) is 1. The number of carbonyl (C=O) groups is 1. The van der Waals surface area contributed by atoms with Crippen LogP contribution in [-0.2, 0) is 9.84 Å². The molecule has 0 atom stereocenters. The molecule has 2 aromatic carbocycles. The van der Waals surface area contributed by atoms with Crippen LogP contribution in [0.25, 0.3) is 10.9 Å². The highest BCUT2D eigenvalue weighted by Gasteiger charge is 2.21. The van der Waals surface area contributed by atoms with Crippen molar-refractivity contribution in [3.05, 3.63) is 65.7 Å². The van der Waals surface area contributed by atoms with Gasteiger partial charge in [-0.2, -0.15) is 0 Å². The van der Waals surface area contributed by atoms with Crippen LogP contribution in [0.3, 0.4) is 0 Å². The first kappa shape index (κ1) is 29.1. The fourth-order valence-electron chi connectivity index (χ4n) is 5.18. The molecule has 2 aromatic heterocycles. The number of carbonyl (C=O) groups excluding carboxylic acids is 1. The Morgan fingerprint density at radius 1 is 1.10 bits per heavy atom. The second-order valence-corrected chi connectivity index (χ2v) is 12.7. The number of nitrogens with two attached hydrogens (primary N) is 1. The second-order valence-electron chi connectivity index (χ2n) is 10.4. The summed E-state index contributed by atoms with van der Waals surface area (Å²) < 4.78 is 43.1. The molecular formula is C29H34FN7O4S. The largest absolute Gasteiger partial charge is 0.494 e. The van der Waals surface area contributed by atoms with Crippen LogP contribution in [0.1, 0.15) is 15.9 Å². The number of anilines is 5. The lowest BCUT2D eigenvalue weighted by atomic mass is 10.1. The summed E-state index contributed by atoms with van der Waals surface area (Å²) in [6.45, 7) is 5.73. The van der Waals surface area contributed by atoms with Gasteiger partial charge in [-0.1, -0.05) is 6.07 Å². The van der Waals surface area contributed by atoms with Crippen molar-refractivity contribution in [2.75, 3.05) is 67.4 Å². The zero-order valence-electron chi connectivity index (χ0n) is 23.7. The Bertz CT molecular complexity index is 1730. The number of hydrogen-bond donors (Lipinski definition) is 4. The van der Waals surface area contributed by atoms with Crippen LogP contribution in [0.5, 0.6) is 5.75 Å². The van der Waals surface area contributed by atoms with Crippen LogP contribution >= 0.6 is 0 Å². The summed E-state index contributed by atoms with van der Waals surface area (Å²) in [5.74, 6) is -0.0620. The van der Waals surface area contributed by atoms with Gasteiger partial charge in [-0.05, 0) is 36.8 Å². The molecule has 0 aliphatic carbocycles. The molecular weight excluding hydrogens is 561 g/mol. The van der Waals surface area contributed by atoms with E-state index in [1.807, 2.05) is 25.1 Å². The lowest BCUT2D eigenvalue weighted by Crippen LogP contribution is -2.47. The zero-order chi connectivity index (χ0) is 30.0. The lowest BCUT2D eigenvalue weighted by Gasteiger charge is -2.37. The summed E-state index contributed by atoms with van der Waals surface area (Å²) >= 11 is 0.